The third-order valence-electron chi connectivity index (χ3n) is 2.46. The molecule has 0 amide bonds. The van der Waals surface area contributed by atoms with Crippen molar-refractivity contribution in [3.63, 3.8) is 0 Å². The quantitative estimate of drug-likeness (QED) is 0.780. The lowest BCUT2D eigenvalue weighted by Crippen LogP contribution is -2.24. The van der Waals surface area contributed by atoms with Crippen LogP contribution in [0.5, 0.6) is 5.75 Å². The molecule has 1 aromatic rings. The van der Waals surface area contributed by atoms with Crippen molar-refractivity contribution in [3.05, 3.63) is 30.3 Å². The van der Waals surface area contributed by atoms with Crippen LogP contribution in [0.4, 0.5) is 0 Å². The molecule has 0 saturated carbocycles. The maximum absolute atomic E-state index is 9.65. The van der Waals surface area contributed by atoms with Crippen LogP contribution in [-0.2, 0) is 0 Å². The van der Waals surface area contributed by atoms with Gasteiger partial charge in [-0.2, -0.15) is 0 Å². The molecule has 0 bridgehead atoms. The van der Waals surface area contributed by atoms with E-state index in [-0.39, 0.29) is 6.10 Å². The normalized spacial score (nSPS) is 14.8. The molecule has 0 heterocycles. The number of aliphatic hydroxyl groups is 1. The molecule has 0 aromatic heterocycles. The summed E-state index contributed by atoms with van der Waals surface area (Å²) in [4.78, 5) is 0. The SMILES string of the molecule is CC[C@H](C)[C@H](O)COc1ccccc1. The van der Waals surface area contributed by atoms with Crippen molar-refractivity contribution in [2.75, 3.05) is 6.61 Å². The van der Waals surface area contributed by atoms with Gasteiger partial charge in [0.25, 0.3) is 0 Å². The van der Waals surface area contributed by atoms with Gasteiger partial charge in [0.2, 0.25) is 0 Å². The van der Waals surface area contributed by atoms with Crippen LogP contribution in [0.15, 0.2) is 30.3 Å². The maximum Gasteiger partial charge on any atom is 0.119 e. The lowest BCUT2D eigenvalue weighted by Gasteiger charge is -2.17. The van der Waals surface area contributed by atoms with Gasteiger partial charge in [0.1, 0.15) is 12.4 Å². The van der Waals surface area contributed by atoms with Crippen LogP contribution in [0.3, 0.4) is 0 Å². The van der Waals surface area contributed by atoms with Gasteiger partial charge in [0, 0.05) is 0 Å². The van der Waals surface area contributed by atoms with Gasteiger partial charge in [0.15, 0.2) is 0 Å². The first-order valence-electron chi connectivity index (χ1n) is 5.10. The van der Waals surface area contributed by atoms with Crippen LogP contribution in [0, 0.1) is 5.92 Å². The topological polar surface area (TPSA) is 29.5 Å². The fourth-order valence-electron chi connectivity index (χ4n) is 1.13. The van der Waals surface area contributed by atoms with E-state index in [9.17, 15) is 5.11 Å². The Morgan fingerprint density at radius 3 is 2.50 bits per heavy atom. The second-order valence-corrected chi connectivity index (χ2v) is 3.58. The van der Waals surface area contributed by atoms with E-state index in [2.05, 4.69) is 6.92 Å². The minimum Gasteiger partial charge on any atom is -0.491 e. The number of benzene rings is 1. The van der Waals surface area contributed by atoms with Gasteiger partial charge in [0.05, 0.1) is 6.10 Å². The van der Waals surface area contributed by atoms with Gasteiger partial charge >= 0.3 is 0 Å². The van der Waals surface area contributed by atoms with E-state index >= 15 is 0 Å². The molecular weight excluding hydrogens is 176 g/mol. The standard InChI is InChI=1S/C12H18O2/c1-3-10(2)12(13)9-14-11-7-5-4-6-8-11/h4-8,10,12-13H,3,9H2,1-2H3/t10-,12+/m0/s1. The van der Waals surface area contributed by atoms with Crippen molar-refractivity contribution in [2.24, 2.45) is 5.92 Å². The molecule has 0 aliphatic rings. The van der Waals surface area contributed by atoms with Gasteiger partial charge < -0.3 is 9.84 Å². The number of para-hydroxylation sites is 1. The summed E-state index contributed by atoms with van der Waals surface area (Å²) in [5.41, 5.74) is 0. The molecule has 2 atom stereocenters. The van der Waals surface area contributed by atoms with Crippen molar-refractivity contribution in [2.45, 2.75) is 26.4 Å². The van der Waals surface area contributed by atoms with Crippen LogP contribution in [0.25, 0.3) is 0 Å². The second-order valence-electron chi connectivity index (χ2n) is 3.58. The van der Waals surface area contributed by atoms with E-state index in [4.69, 9.17) is 4.74 Å². The number of aliphatic hydroxyl groups excluding tert-OH is 1. The molecule has 2 nitrogen and oxygen atoms in total. The molecule has 0 saturated heterocycles. The Kier molecular flexibility index (Phi) is 4.47. The largest absolute Gasteiger partial charge is 0.491 e. The van der Waals surface area contributed by atoms with Crippen molar-refractivity contribution < 1.29 is 9.84 Å². The fraction of sp³-hybridized carbons (Fsp3) is 0.500. The second kappa shape index (κ2) is 5.66. The van der Waals surface area contributed by atoms with Crippen LogP contribution in [0.1, 0.15) is 20.3 Å². The molecule has 1 N–H and O–H groups in total. The number of hydrogen-bond donors (Lipinski definition) is 1. The van der Waals surface area contributed by atoms with E-state index in [0.29, 0.717) is 12.5 Å². The van der Waals surface area contributed by atoms with Crippen molar-refractivity contribution in [3.8, 4) is 5.75 Å². The summed E-state index contributed by atoms with van der Waals surface area (Å²) in [6.45, 7) is 4.47. The zero-order chi connectivity index (χ0) is 10.4. The van der Waals surface area contributed by atoms with Gasteiger partial charge in [-0.05, 0) is 18.1 Å². The lowest BCUT2D eigenvalue weighted by atomic mass is 10.0. The molecule has 2 heteroatoms. The Bertz CT molecular complexity index is 246. The molecule has 0 aliphatic carbocycles. The van der Waals surface area contributed by atoms with Crippen LogP contribution in [-0.4, -0.2) is 17.8 Å². The predicted octanol–water partition coefficient (Wildman–Crippen LogP) is 2.47. The first-order valence-corrected chi connectivity index (χ1v) is 5.10. The molecule has 0 aliphatic heterocycles. The highest BCUT2D eigenvalue weighted by molar-refractivity contribution is 5.20. The Labute approximate surface area is 85.5 Å². The minimum atomic E-state index is -0.375. The highest BCUT2D eigenvalue weighted by Crippen LogP contribution is 2.12. The van der Waals surface area contributed by atoms with Gasteiger partial charge in [-0.3, -0.25) is 0 Å². The van der Waals surface area contributed by atoms with Crippen molar-refractivity contribution >= 4 is 0 Å². The smallest absolute Gasteiger partial charge is 0.119 e. The summed E-state index contributed by atoms with van der Waals surface area (Å²) >= 11 is 0. The zero-order valence-electron chi connectivity index (χ0n) is 8.81. The molecule has 0 fully saturated rings. The van der Waals surface area contributed by atoms with Crippen LogP contribution in [0.2, 0.25) is 0 Å². The van der Waals surface area contributed by atoms with Crippen molar-refractivity contribution in [1.29, 1.82) is 0 Å². The molecule has 0 unspecified atom stereocenters. The average molecular weight is 194 g/mol. The Morgan fingerprint density at radius 1 is 1.29 bits per heavy atom. The predicted molar refractivity (Wildman–Crippen MR) is 57.4 cm³/mol. The average Bonchev–Trinajstić information content (AvgIpc) is 2.26. The van der Waals surface area contributed by atoms with Crippen molar-refractivity contribution in [1.82, 2.24) is 0 Å². The molecular formula is C12H18O2. The summed E-state index contributed by atoms with van der Waals surface area (Å²) in [6, 6.07) is 9.57. The first kappa shape index (κ1) is 11.1. The molecule has 1 aromatic carbocycles. The Morgan fingerprint density at radius 2 is 1.93 bits per heavy atom. The number of hydrogen-bond acceptors (Lipinski definition) is 2. The molecule has 0 spiro atoms. The van der Waals surface area contributed by atoms with E-state index in [1.165, 1.54) is 0 Å². The third-order valence-corrected chi connectivity index (χ3v) is 2.46. The van der Waals surface area contributed by atoms with Crippen LogP contribution >= 0.6 is 0 Å². The Balaban J connectivity index is 2.34. The summed E-state index contributed by atoms with van der Waals surface area (Å²) < 4.78 is 5.44. The molecule has 0 radical (unpaired) electrons. The highest BCUT2D eigenvalue weighted by atomic mass is 16.5. The molecule has 78 valence electrons. The number of ether oxygens (including phenoxy) is 1. The third kappa shape index (κ3) is 3.38. The summed E-state index contributed by atoms with van der Waals surface area (Å²) in [7, 11) is 0. The summed E-state index contributed by atoms with van der Waals surface area (Å²) in [5.74, 6) is 1.11. The van der Waals surface area contributed by atoms with Crippen LogP contribution < -0.4 is 4.74 Å². The molecule has 1 rings (SSSR count). The summed E-state index contributed by atoms with van der Waals surface area (Å²) in [5, 5.41) is 9.65. The van der Waals surface area contributed by atoms with E-state index in [1.807, 2.05) is 37.3 Å². The van der Waals surface area contributed by atoms with Gasteiger partial charge in [-0.1, -0.05) is 38.5 Å². The van der Waals surface area contributed by atoms with E-state index in [0.717, 1.165) is 12.2 Å². The monoisotopic (exact) mass is 194 g/mol. The molecule has 14 heavy (non-hydrogen) atoms. The summed E-state index contributed by atoms with van der Waals surface area (Å²) in [6.07, 6.45) is 0.597. The van der Waals surface area contributed by atoms with E-state index in [1.54, 1.807) is 0 Å². The van der Waals surface area contributed by atoms with Gasteiger partial charge in [-0.25, -0.2) is 0 Å². The lowest BCUT2D eigenvalue weighted by molar-refractivity contribution is 0.0622. The van der Waals surface area contributed by atoms with E-state index < -0.39 is 0 Å². The van der Waals surface area contributed by atoms with Gasteiger partial charge in [-0.15, -0.1) is 0 Å². The number of rotatable bonds is 5. The maximum atomic E-state index is 9.65. The highest BCUT2D eigenvalue weighted by Gasteiger charge is 2.12. The zero-order valence-corrected chi connectivity index (χ0v) is 8.81. The fourth-order valence-corrected chi connectivity index (χ4v) is 1.13. The minimum absolute atomic E-state index is 0.290. The Hall–Kier alpha value is -1.02. The first-order chi connectivity index (χ1) is 6.74.